The maximum absolute atomic E-state index is 9.79. The van der Waals surface area contributed by atoms with Gasteiger partial charge in [0, 0.05) is 18.5 Å². The van der Waals surface area contributed by atoms with Crippen molar-refractivity contribution in [2.24, 2.45) is 0 Å². The van der Waals surface area contributed by atoms with Gasteiger partial charge in [0.15, 0.2) is 17.1 Å². The Morgan fingerprint density at radius 3 is 2.90 bits per heavy atom. The fourth-order valence-electron chi connectivity index (χ4n) is 2.63. The molecule has 1 saturated carbocycles. The Kier molecular flexibility index (Phi) is 3.72. The molecule has 20 heavy (non-hydrogen) atoms. The minimum Gasteiger partial charge on any atom is -0.439 e. The lowest BCUT2D eigenvalue weighted by Gasteiger charge is -2.15. The average molecular weight is 275 g/mol. The quantitative estimate of drug-likeness (QED) is 0.896. The molecule has 0 saturated heterocycles. The predicted octanol–water partition coefficient (Wildman–Crippen LogP) is 2.35. The number of aliphatic hydroxyl groups excluding tert-OH is 1. The molecule has 2 heterocycles. The molecule has 0 aliphatic heterocycles. The second-order valence-corrected chi connectivity index (χ2v) is 5.82. The number of fused-ring (bicyclic) bond motifs is 1. The number of aliphatic hydroxyl groups is 1. The molecule has 108 valence electrons. The van der Waals surface area contributed by atoms with Crippen LogP contribution < -0.4 is 5.32 Å². The fourth-order valence-corrected chi connectivity index (χ4v) is 2.63. The van der Waals surface area contributed by atoms with Crippen molar-refractivity contribution in [3.05, 3.63) is 23.7 Å². The average Bonchev–Trinajstić information content (AvgIpc) is 3.01. The third-order valence-electron chi connectivity index (χ3n) is 3.85. The van der Waals surface area contributed by atoms with Crippen molar-refractivity contribution in [3.63, 3.8) is 0 Å². The Bertz CT molecular complexity index is 594. The van der Waals surface area contributed by atoms with Crippen molar-refractivity contribution < 1.29 is 9.52 Å². The van der Waals surface area contributed by atoms with Crippen LogP contribution in [0.5, 0.6) is 0 Å². The molecule has 2 aromatic rings. The summed E-state index contributed by atoms with van der Waals surface area (Å²) < 4.78 is 5.65. The van der Waals surface area contributed by atoms with Crippen LogP contribution >= 0.6 is 0 Å². The van der Waals surface area contributed by atoms with Gasteiger partial charge in [-0.2, -0.15) is 4.98 Å². The lowest BCUT2D eigenvalue weighted by molar-refractivity contribution is 0.148. The third-order valence-corrected chi connectivity index (χ3v) is 3.85. The summed E-state index contributed by atoms with van der Waals surface area (Å²) in [5.41, 5.74) is 2.33. The van der Waals surface area contributed by atoms with Gasteiger partial charge in [0.1, 0.15) is 0 Å². The fraction of sp³-hybridized carbons (Fsp3) is 0.600. The van der Waals surface area contributed by atoms with Crippen LogP contribution in [0, 0.1) is 0 Å². The molecule has 1 fully saturated rings. The van der Waals surface area contributed by atoms with E-state index in [-0.39, 0.29) is 18.1 Å². The molecule has 5 heteroatoms. The number of rotatable bonds is 4. The van der Waals surface area contributed by atoms with Crippen LogP contribution in [0.1, 0.15) is 50.6 Å². The summed E-state index contributed by atoms with van der Waals surface area (Å²) in [6.07, 6.45) is 2.79. The first-order valence-corrected chi connectivity index (χ1v) is 7.31. The van der Waals surface area contributed by atoms with E-state index < -0.39 is 0 Å². The van der Waals surface area contributed by atoms with E-state index in [9.17, 15) is 5.11 Å². The highest BCUT2D eigenvalue weighted by Gasteiger charge is 2.24. The minimum absolute atomic E-state index is 0.191. The number of hydrogen-bond donors (Lipinski definition) is 2. The first-order valence-electron chi connectivity index (χ1n) is 7.31. The SMILES string of the molecule is CC(C)c1nc2nc(CN[C@H]3CCC[C@@H]3O)ccc2o1. The Hall–Kier alpha value is -1.46. The van der Waals surface area contributed by atoms with E-state index in [1.54, 1.807) is 0 Å². The third kappa shape index (κ3) is 2.69. The smallest absolute Gasteiger partial charge is 0.199 e. The second kappa shape index (κ2) is 5.50. The van der Waals surface area contributed by atoms with Gasteiger partial charge in [0.05, 0.1) is 11.8 Å². The topological polar surface area (TPSA) is 71.2 Å². The number of nitrogens with one attached hydrogen (secondary N) is 1. The van der Waals surface area contributed by atoms with Gasteiger partial charge < -0.3 is 14.8 Å². The molecule has 0 unspecified atom stereocenters. The zero-order chi connectivity index (χ0) is 14.1. The van der Waals surface area contributed by atoms with Crippen LogP contribution in [-0.2, 0) is 6.54 Å². The first-order chi connectivity index (χ1) is 9.63. The molecule has 0 radical (unpaired) electrons. The molecule has 2 atom stereocenters. The molecule has 0 amide bonds. The summed E-state index contributed by atoms with van der Waals surface area (Å²) >= 11 is 0. The van der Waals surface area contributed by atoms with Gasteiger partial charge in [-0.15, -0.1) is 0 Å². The highest BCUT2D eigenvalue weighted by atomic mass is 16.3. The standard InChI is InChI=1S/C15H21N3O2/c1-9(2)15-18-14-13(20-15)7-6-10(17-14)8-16-11-4-3-5-12(11)19/h6-7,9,11-12,16,19H,3-5,8H2,1-2H3/t11-,12-/m0/s1. The predicted molar refractivity (Wildman–Crippen MR) is 76.4 cm³/mol. The largest absolute Gasteiger partial charge is 0.439 e. The van der Waals surface area contributed by atoms with E-state index in [0.717, 1.165) is 36.4 Å². The molecule has 2 N–H and O–H groups in total. The molecule has 5 nitrogen and oxygen atoms in total. The molecule has 0 aromatic carbocycles. The molecule has 3 rings (SSSR count). The second-order valence-electron chi connectivity index (χ2n) is 5.82. The lowest BCUT2D eigenvalue weighted by Crippen LogP contribution is -2.35. The summed E-state index contributed by atoms with van der Waals surface area (Å²) in [4.78, 5) is 8.93. The van der Waals surface area contributed by atoms with Gasteiger partial charge >= 0.3 is 0 Å². The number of hydrogen-bond acceptors (Lipinski definition) is 5. The summed E-state index contributed by atoms with van der Waals surface area (Å²) in [7, 11) is 0. The number of nitrogens with zero attached hydrogens (tertiary/aromatic N) is 2. The lowest BCUT2D eigenvalue weighted by atomic mass is 10.2. The summed E-state index contributed by atoms with van der Waals surface area (Å²) in [6, 6.07) is 4.06. The van der Waals surface area contributed by atoms with Gasteiger partial charge in [0.25, 0.3) is 0 Å². The van der Waals surface area contributed by atoms with Crippen molar-refractivity contribution in [1.29, 1.82) is 0 Å². The molecule has 0 spiro atoms. The normalized spacial score (nSPS) is 23.0. The van der Waals surface area contributed by atoms with E-state index in [1.165, 1.54) is 0 Å². The first kappa shape index (κ1) is 13.5. The molecular weight excluding hydrogens is 254 g/mol. The molecule has 2 aromatic heterocycles. The summed E-state index contributed by atoms with van der Waals surface area (Å²) in [5.74, 6) is 0.989. The zero-order valence-corrected chi connectivity index (χ0v) is 12.0. The Morgan fingerprint density at radius 1 is 1.35 bits per heavy atom. The van der Waals surface area contributed by atoms with Gasteiger partial charge in [-0.05, 0) is 31.4 Å². The minimum atomic E-state index is -0.224. The van der Waals surface area contributed by atoms with Crippen LogP contribution in [0.25, 0.3) is 11.2 Å². The van der Waals surface area contributed by atoms with E-state index >= 15 is 0 Å². The van der Waals surface area contributed by atoms with Crippen molar-refractivity contribution in [2.45, 2.75) is 57.7 Å². The monoisotopic (exact) mass is 275 g/mol. The van der Waals surface area contributed by atoms with Crippen LogP contribution in [0.4, 0.5) is 0 Å². The van der Waals surface area contributed by atoms with E-state index in [1.807, 2.05) is 12.1 Å². The van der Waals surface area contributed by atoms with Gasteiger partial charge in [-0.3, -0.25) is 0 Å². The maximum Gasteiger partial charge on any atom is 0.199 e. The van der Waals surface area contributed by atoms with Gasteiger partial charge in [-0.1, -0.05) is 13.8 Å². The van der Waals surface area contributed by atoms with E-state index in [2.05, 4.69) is 29.1 Å². The Morgan fingerprint density at radius 2 is 2.20 bits per heavy atom. The van der Waals surface area contributed by atoms with E-state index in [0.29, 0.717) is 12.2 Å². The van der Waals surface area contributed by atoms with Crippen molar-refractivity contribution in [2.75, 3.05) is 0 Å². The molecule has 1 aliphatic carbocycles. The van der Waals surface area contributed by atoms with Gasteiger partial charge in [0.2, 0.25) is 0 Å². The van der Waals surface area contributed by atoms with Crippen LogP contribution in [0.3, 0.4) is 0 Å². The number of aromatic nitrogens is 2. The molecule has 0 bridgehead atoms. The highest BCUT2D eigenvalue weighted by molar-refractivity contribution is 5.67. The van der Waals surface area contributed by atoms with Crippen LogP contribution in [0.2, 0.25) is 0 Å². The van der Waals surface area contributed by atoms with E-state index in [4.69, 9.17) is 4.42 Å². The van der Waals surface area contributed by atoms with Crippen LogP contribution in [-0.4, -0.2) is 27.2 Å². The Labute approximate surface area is 118 Å². The van der Waals surface area contributed by atoms with Gasteiger partial charge in [-0.25, -0.2) is 4.98 Å². The van der Waals surface area contributed by atoms with Crippen molar-refractivity contribution in [3.8, 4) is 0 Å². The molecule has 1 aliphatic rings. The summed E-state index contributed by atoms with van der Waals surface area (Å²) in [5, 5.41) is 13.2. The van der Waals surface area contributed by atoms with Crippen molar-refractivity contribution in [1.82, 2.24) is 15.3 Å². The van der Waals surface area contributed by atoms with Crippen molar-refractivity contribution >= 4 is 11.2 Å². The maximum atomic E-state index is 9.79. The number of pyridine rings is 1. The zero-order valence-electron chi connectivity index (χ0n) is 12.0. The van der Waals surface area contributed by atoms with Crippen LogP contribution in [0.15, 0.2) is 16.5 Å². The molecular formula is C15H21N3O2. The number of oxazole rings is 1. The highest BCUT2D eigenvalue weighted by Crippen LogP contribution is 2.21. The summed E-state index contributed by atoms with van der Waals surface area (Å²) in [6.45, 7) is 4.75. The Balaban J connectivity index is 1.72.